The maximum atomic E-state index is 13.7. The Balaban J connectivity index is 0.00000106. The monoisotopic (exact) mass is 294 g/mol. The van der Waals surface area contributed by atoms with Crippen molar-refractivity contribution in [1.82, 2.24) is 0 Å². The zero-order chi connectivity index (χ0) is 16.2. The van der Waals surface area contributed by atoms with Crippen molar-refractivity contribution in [2.24, 2.45) is 0 Å². The minimum absolute atomic E-state index is 0.0451. The molecule has 21 heavy (non-hydrogen) atoms. The van der Waals surface area contributed by atoms with E-state index in [0.29, 0.717) is 5.39 Å². The summed E-state index contributed by atoms with van der Waals surface area (Å²) in [5.74, 6) is 1.08. The van der Waals surface area contributed by atoms with Gasteiger partial charge in [0, 0.05) is 5.39 Å². The maximum absolute atomic E-state index is 13.7. The Morgan fingerprint density at radius 3 is 2.38 bits per heavy atom. The minimum Gasteiger partial charge on any atom is -0.507 e. The number of aryl methyl sites for hydroxylation is 1. The van der Waals surface area contributed by atoms with E-state index >= 15 is 0 Å². The summed E-state index contributed by atoms with van der Waals surface area (Å²) in [6.07, 6.45) is 2.65. The van der Waals surface area contributed by atoms with Crippen molar-refractivity contribution in [2.75, 3.05) is 0 Å². The van der Waals surface area contributed by atoms with Crippen LogP contribution in [0.1, 0.15) is 43.9 Å². The van der Waals surface area contributed by atoms with Crippen LogP contribution in [-0.4, -0.2) is 5.11 Å². The summed E-state index contributed by atoms with van der Waals surface area (Å²) in [5, 5.41) is 10.4. The third kappa shape index (κ3) is 2.97. The molecule has 0 saturated carbocycles. The quantitative estimate of drug-likeness (QED) is 0.755. The van der Waals surface area contributed by atoms with E-state index in [1.54, 1.807) is 6.92 Å². The van der Waals surface area contributed by atoms with Gasteiger partial charge in [-0.05, 0) is 29.5 Å². The van der Waals surface area contributed by atoms with Gasteiger partial charge in [0.15, 0.2) is 0 Å². The molecule has 0 amide bonds. The summed E-state index contributed by atoms with van der Waals surface area (Å²) < 4.78 is 39.7. The van der Waals surface area contributed by atoms with Crippen LogP contribution in [0.25, 0.3) is 10.8 Å². The first-order chi connectivity index (χ1) is 10.0. The van der Waals surface area contributed by atoms with E-state index in [2.05, 4.69) is 5.92 Å². The first-order valence-corrected chi connectivity index (χ1v) is 6.73. The van der Waals surface area contributed by atoms with Crippen LogP contribution < -0.4 is 0 Å². The molecule has 0 aromatic heterocycles. The second kappa shape index (κ2) is 7.03. The van der Waals surface area contributed by atoms with Crippen molar-refractivity contribution in [3.8, 4) is 18.1 Å². The minimum atomic E-state index is -2.84. The Labute approximate surface area is 122 Å². The highest BCUT2D eigenvalue weighted by atomic mass is 19.3. The average Bonchev–Trinajstić information content (AvgIpc) is 2.48. The fraction of sp³-hybridized carbons (Fsp3) is 0.294. The molecule has 0 saturated heterocycles. The number of alkyl halides is 2. The predicted molar refractivity (Wildman–Crippen MR) is 79.2 cm³/mol. The Morgan fingerprint density at radius 2 is 1.90 bits per heavy atom. The molecule has 4 heteroatoms. The summed E-state index contributed by atoms with van der Waals surface area (Å²) >= 11 is 0. The highest BCUT2D eigenvalue weighted by Crippen LogP contribution is 2.38. The van der Waals surface area contributed by atoms with Gasteiger partial charge in [0.2, 0.25) is 0 Å². The molecule has 0 bridgehead atoms. The van der Waals surface area contributed by atoms with Gasteiger partial charge in [-0.1, -0.05) is 32.8 Å². The number of aromatic hydroxyl groups is 1. The van der Waals surface area contributed by atoms with E-state index < -0.39 is 23.6 Å². The summed E-state index contributed by atoms with van der Waals surface area (Å²) in [7, 11) is 0. The molecular formula is C17H17F3O. The van der Waals surface area contributed by atoms with Crippen LogP contribution in [-0.2, 0) is 6.42 Å². The molecule has 2 aromatic rings. The lowest BCUT2D eigenvalue weighted by Gasteiger charge is -2.15. The second-order valence-corrected chi connectivity index (χ2v) is 4.11. The van der Waals surface area contributed by atoms with Gasteiger partial charge in [0.05, 0.1) is 11.1 Å². The van der Waals surface area contributed by atoms with E-state index in [1.807, 2.05) is 13.8 Å². The molecule has 112 valence electrons. The molecule has 0 spiro atoms. The van der Waals surface area contributed by atoms with Crippen LogP contribution in [0.5, 0.6) is 5.75 Å². The molecule has 2 rings (SSSR count). The molecule has 0 aliphatic heterocycles. The Kier molecular flexibility index (Phi) is 5.66. The van der Waals surface area contributed by atoms with Gasteiger partial charge in [0.25, 0.3) is 6.43 Å². The van der Waals surface area contributed by atoms with E-state index in [-0.39, 0.29) is 22.9 Å². The highest BCUT2D eigenvalue weighted by Gasteiger charge is 2.22. The van der Waals surface area contributed by atoms with E-state index in [1.165, 1.54) is 18.2 Å². The molecule has 1 N–H and O–H groups in total. The number of phenolic OH excluding ortho intramolecular Hbond substituents is 1. The zero-order valence-electron chi connectivity index (χ0n) is 12.2. The summed E-state index contributed by atoms with van der Waals surface area (Å²) in [6, 6.07) is 3.77. The Bertz CT molecular complexity index is 685. The van der Waals surface area contributed by atoms with Gasteiger partial charge in [-0.3, -0.25) is 0 Å². The highest BCUT2D eigenvalue weighted by molar-refractivity contribution is 5.93. The molecule has 0 aliphatic carbocycles. The van der Waals surface area contributed by atoms with Crippen LogP contribution in [0.2, 0.25) is 0 Å². The molecule has 1 nitrogen and oxygen atoms in total. The van der Waals surface area contributed by atoms with Gasteiger partial charge in [-0.25, -0.2) is 13.2 Å². The molecule has 2 aromatic carbocycles. The number of phenols is 1. The number of fused-ring (bicyclic) bond motifs is 1. The summed E-state index contributed by atoms with van der Waals surface area (Å²) in [5.41, 5.74) is -0.328. The average molecular weight is 294 g/mol. The van der Waals surface area contributed by atoms with Crippen molar-refractivity contribution in [2.45, 2.75) is 33.6 Å². The lowest BCUT2D eigenvalue weighted by molar-refractivity contribution is 0.146. The molecule has 0 aliphatic rings. The number of terminal acetylenes is 1. The van der Waals surface area contributed by atoms with E-state index in [4.69, 9.17) is 6.42 Å². The topological polar surface area (TPSA) is 20.2 Å². The third-order valence-electron chi connectivity index (χ3n) is 3.10. The zero-order valence-corrected chi connectivity index (χ0v) is 12.2. The summed E-state index contributed by atoms with van der Waals surface area (Å²) in [6.45, 7) is 5.66. The molecular weight excluding hydrogens is 277 g/mol. The van der Waals surface area contributed by atoms with Crippen LogP contribution in [0.4, 0.5) is 13.2 Å². The molecule has 0 unspecified atom stereocenters. The third-order valence-corrected chi connectivity index (χ3v) is 3.10. The molecule has 0 fully saturated rings. The van der Waals surface area contributed by atoms with Crippen LogP contribution in [0.3, 0.4) is 0 Å². The standard InChI is InChI=1S/C15H11F3O.C2H6/c1-3-9-11(16)6-5-8-7-12(19)14(15(17)18)10(4-2)13(8)9;1-2/h1,5-7,15,19H,4H2,2H3;1-2H3. The van der Waals surface area contributed by atoms with Gasteiger partial charge in [-0.2, -0.15) is 0 Å². The van der Waals surface area contributed by atoms with Gasteiger partial charge in [-0.15, -0.1) is 6.42 Å². The lowest BCUT2D eigenvalue weighted by Crippen LogP contribution is -1.99. The SMILES string of the molecule is C#Cc1c(F)ccc2cc(O)c(C(F)F)c(CC)c12.CC. The lowest BCUT2D eigenvalue weighted by atomic mass is 9.92. The largest absolute Gasteiger partial charge is 0.507 e. The normalized spacial score (nSPS) is 10.2. The van der Waals surface area contributed by atoms with Crippen LogP contribution in [0, 0.1) is 18.2 Å². The van der Waals surface area contributed by atoms with Crippen LogP contribution in [0.15, 0.2) is 18.2 Å². The van der Waals surface area contributed by atoms with Crippen LogP contribution >= 0.6 is 0 Å². The van der Waals surface area contributed by atoms with Crippen molar-refractivity contribution >= 4 is 10.8 Å². The maximum Gasteiger partial charge on any atom is 0.267 e. The predicted octanol–water partition coefficient (Wildman–Crippen LogP) is 5.19. The fourth-order valence-corrected chi connectivity index (χ4v) is 2.30. The fourth-order valence-electron chi connectivity index (χ4n) is 2.30. The number of rotatable bonds is 2. The van der Waals surface area contributed by atoms with Gasteiger partial charge in [0.1, 0.15) is 11.6 Å². The molecule has 0 heterocycles. The van der Waals surface area contributed by atoms with E-state index in [9.17, 15) is 18.3 Å². The van der Waals surface area contributed by atoms with Crippen molar-refractivity contribution in [3.05, 3.63) is 40.7 Å². The smallest absolute Gasteiger partial charge is 0.267 e. The second-order valence-electron chi connectivity index (χ2n) is 4.11. The van der Waals surface area contributed by atoms with Crippen molar-refractivity contribution < 1.29 is 18.3 Å². The van der Waals surface area contributed by atoms with Crippen molar-refractivity contribution in [1.29, 1.82) is 0 Å². The van der Waals surface area contributed by atoms with E-state index in [0.717, 1.165) is 0 Å². The Morgan fingerprint density at radius 1 is 1.29 bits per heavy atom. The Hall–Kier alpha value is -2.15. The number of hydrogen-bond acceptors (Lipinski definition) is 1. The van der Waals surface area contributed by atoms with Crippen molar-refractivity contribution in [3.63, 3.8) is 0 Å². The first kappa shape index (κ1) is 16.9. The number of halogens is 3. The number of hydrogen-bond donors (Lipinski definition) is 1. The first-order valence-electron chi connectivity index (χ1n) is 6.73. The molecule has 0 radical (unpaired) electrons. The molecule has 0 atom stereocenters. The van der Waals surface area contributed by atoms with Gasteiger partial charge < -0.3 is 5.11 Å². The van der Waals surface area contributed by atoms with Gasteiger partial charge >= 0.3 is 0 Å². The number of benzene rings is 2. The summed E-state index contributed by atoms with van der Waals surface area (Å²) in [4.78, 5) is 0.